The van der Waals surface area contributed by atoms with E-state index in [4.69, 9.17) is 22.3 Å². The maximum Gasteiger partial charge on any atom is 0.314 e. The van der Waals surface area contributed by atoms with Crippen LogP contribution in [0, 0.1) is 11.8 Å². The van der Waals surface area contributed by atoms with Gasteiger partial charge in [0.15, 0.2) is 0 Å². The number of hydrogen-bond donors (Lipinski definition) is 2. The Morgan fingerprint density at radius 2 is 1.78 bits per heavy atom. The first-order valence-corrected chi connectivity index (χ1v) is 14.8. The molecular formula is C27H33Br2ClN4O2. The molecule has 2 atom stereocenters. The van der Waals surface area contributed by atoms with E-state index in [1.807, 2.05) is 12.3 Å². The van der Waals surface area contributed by atoms with Gasteiger partial charge in [0.25, 0.3) is 0 Å². The molecule has 36 heavy (non-hydrogen) atoms. The van der Waals surface area contributed by atoms with E-state index in [9.17, 15) is 9.90 Å². The number of benzene rings is 1. The molecule has 3 N–H and O–H groups in total. The van der Waals surface area contributed by atoms with Crippen molar-refractivity contribution in [3.05, 3.63) is 60.7 Å². The Bertz CT molecular complexity index is 1120. The van der Waals surface area contributed by atoms with Crippen LogP contribution in [0.2, 0.25) is 5.02 Å². The van der Waals surface area contributed by atoms with Crippen LogP contribution in [0.1, 0.15) is 60.4 Å². The van der Waals surface area contributed by atoms with Gasteiger partial charge in [-0.25, -0.2) is 4.79 Å². The van der Waals surface area contributed by atoms with Crippen molar-refractivity contribution in [1.82, 2.24) is 14.8 Å². The molecule has 0 bridgehead atoms. The molecule has 2 fully saturated rings. The first-order valence-electron chi connectivity index (χ1n) is 12.9. The van der Waals surface area contributed by atoms with E-state index in [0.717, 1.165) is 72.0 Å². The highest BCUT2D eigenvalue weighted by molar-refractivity contribution is 9.10. The number of hydrogen-bond acceptors (Lipinski definition) is 4. The summed E-state index contributed by atoms with van der Waals surface area (Å²) in [4.78, 5) is 20.3. The fourth-order valence-corrected chi connectivity index (χ4v) is 7.92. The normalized spacial score (nSPS) is 22.6. The Balaban J connectivity index is 1.30. The third-order valence-electron chi connectivity index (χ3n) is 8.35. The molecule has 2 aliphatic heterocycles. The van der Waals surface area contributed by atoms with Crippen LogP contribution in [0.5, 0.6) is 0 Å². The highest BCUT2D eigenvalue weighted by Gasteiger charge is 2.37. The molecule has 2 saturated heterocycles. The molecule has 0 spiro atoms. The summed E-state index contributed by atoms with van der Waals surface area (Å²) < 4.78 is 2.08. The number of fused-ring (bicyclic) bond motifs is 2. The zero-order valence-electron chi connectivity index (χ0n) is 20.3. The molecule has 9 heteroatoms. The molecule has 0 radical (unpaired) electrons. The zero-order chi connectivity index (χ0) is 25.4. The van der Waals surface area contributed by atoms with Crippen molar-refractivity contribution in [2.75, 3.05) is 26.2 Å². The average Bonchev–Trinajstić information content (AvgIpc) is 3.01. The van der Waals surface area contributed by atoms with Gasteiger partial charge >= 0.3 is 6.03 Å². The summed E-state index contributed by atoms with van der Waals surface area (Å²) in [6.07, 6.45) is 7.96. The Labute approximate surface area is 234 Å². The number of aryl methyl sites for hydroxylation is 2. The molecule has 1 aromatic heterocycles. The quantitative estimate of drug-likeness (QED) is 0.449. The minimum atomic E-state index is -0.440. The van der Waals surface area contributed by atoms with Gasteiger partial charge in [-0.05, 0) is 108 Å². The van der Waals surface area contributed by atoms with Crippen LogP contribution < -0.4 is 5.73 Å². The third kappa shape index (κ3) is 5.63. The molecule has 194 valence electrons. The largest absolute Gasteiger partial charge is 0.378 e. The average molecular weight is 641 g/mol. The first kappa shape index (κ1) is 26.4. The number of rotatable bonds is 4. The fourth-order valence-electron chi connectivity index (χ4n) is 6.42. The van der Waals surface area contributed by atoms with E-state index in [0.29, 0.717) is 24.9 Å². The number of aliphatic hydroxyl groups excluding tert-OH is 1. The van der Waals surface area contributed by atoms with Gasteiger partial charge in [0.1, 0.15) is 6.23 Å². The number of amides is 2. The Kier molecular flexibility index (Phi) is 8.28. The number of likely N-dealkylation sites (tertiary alicyclic amines) is 2. The predicted octanol–water partition coefficient (Wildman–Crippen LogP) is 5.70. The maximum absolute atomic E-state index is 11.4. The van der Waals surface area contributed by atoms with Gasteiger partial charge in [-0.3, -0.25) is 9.88 Å². The lowest BCUT2D eigenvalue weighted by Gasteiger charge is -2.40. The van der Waals surface area contributed by atoms with E-state index in [1.165, 1.54) is 22.4 Å². The van der Waals surface area contributed by atoms with E-state index < -0.39 is 6.23 Å². The van der Waals surface area contributed by atoms with Crippen molar-refractivity contribution in [1.29, 1.82) is 0 Å². The molecule has 0 saturated carbocycles. The first-order chi connectivity index (χ1) is 17.3. The van der Waals surface area contributed by atoms with Gasteiger partial charge in [0, 0.05) is 52.3 Å². The van der Waals surface area contributed by atoms with Crippen molar-refractivity contribution in [2.24, 2.45) is 17.6 Å². The second-order valence-corrected chi connectivity index (χ2v) is 12.7. The summed E-state index contributed by atoms with van der Waals surface area (Å²) in [5, 5.41) is 11.8. The van der Waals surface area contributed by atoms with Gasteiger partial charge in [-0.1, -0.05) is 27.5 Å². The van der Waals surface area contributed by atoms with Crippen molar-refractivity contribution in [2.45, 2.75) is 57.1 Å². The topological polar surface area (TPSA) is 82.7 Å². The van der Waals surface area contributed by atoms with Crippen LogP contribution in [-0.2, 0) is 12.8 Å². The summed E-state index contributed by atoms with van der Waals surface area (Å²) in [6, 6.07) is 6.02. The zero-order valence-corrected chi connectivity index (χ0v) is 24.2. The molecule has 3 aliphatic rings. The smallest absolute Gasteiger partial charge is 0.314 e. The number of nitrogens with zero attached hydrogens (tertiary/aromatic N) is 3. The standard InChI is InChI=1S/C27H33Br2ClN4O2/c28-20-12-19-2-1-18-13-21(30)14-22(29)24(18)25(26(19)32-15-20)17-5-9-33(10-6-17)23(35)11-16-3-7-34(8-4-16)27(31)36/h12-17,23,25,35H,1-11H2,(H2,31,36). The van der Waals surface area contributed by atoms with Gasteiger partial charge in [0.2, 0.25) is 0 Å². The lowest BCUT2D eigenvalue weighted by molar-refractivity contribution is -0.0370. The Morgan fingerprint density at radius 3 is 2.47 bits per heavy atom. The van der Waals surface area contributed by atoms with E-state index >= 15 is 0 Å². The van der Waals surface area contributed by atoms with Gasteiger partial charge in [0.05, 0.1) is 5.69 Å². The number of piperidine rings is 2. The monoisotopic (exact) mass is 638 g/mol. The highest BCUT2D eigenvalue weighted by atomic mass is 79.9. The van der Waals surface area contributed by atoms with E-state index in [1.54, 1.807) is 4.90 Å². The van der Waals surface area contributed by atoms with Gasteiger partial charge in [-0.2, -0.15) is 0 Å². The lowest BCUT2D eigenvalue weighted by atomic mass is 9.76. The van der Waals surface area contributed by atoms with Gasteiger partial charge < -0.3 is 15.7 Å². The minimum Gasteiger partial charge on any atom is -0.378 e. The maximum atomic E-state index is 11.4. The van der Waals surface area contributed by atoms with Crippen molar-refractivity contribution >= 4 is 49.5 Å². The summed E-state index contributed by atoms with van der Waals surface area (Å²) in [7, 11) is 0. The number of carbonyl (C=O) groups excluding carboxylic acids is 1. The molecule has 2 aromatic rings. The number of pyridine rings is 1. The van der Waals surface area contributed by atoms with E-state index in [-0.39, 0.29) is 11.9 Å². The van der Waals surface area contributed by atoms with Crippen LogP contribution in [0.25, 0.3) is 0 Å². The number of nitrogens with two attached hydrogens (primary N) is 1. The third-order valence-corrected chi connectivity index (χ3v) is 9.66. The molecule has 1 aromatic carbocycles. The number of aliphatic hydroxyl groups is 1. The molecule has 2 unspecified atom stereocenters. The molecule has 5 rings (SSSR count). The SMILES string of the molecule is NC(=O)N1CCC(CC(O)N2CCC(C3c4ncc(Br)cc4CCc4cc(Cl)cc(Br)c43)CC2)CC1. The molecule has 3 heterocycles. The second kappa shape index (κ2) is 11.3. The Morgan fingerprint density at radius 1 is 1.08 bits per heavy atom. The number of halogens is 3. The highest BCUT2D eigenvalue weighted by Crippen LogP contribution is 2.46. The van der Waals surface area contributed by atoms with Crippen LogP contribution in [0.3, 0.4) is 0 Å². The predicted molar refractivity (Wildman–Crippen MR) is 149 cm³/mol. The number of carbonyl (C=O) groups is 1. The molecule has 1 aliphatic carbocycles. The lowest BCUT2D eigenvalue weighted by Crippen LogP contribution is -2.45. The summed E-state index contributed by atoms with van der Waals surface area (Å²) in [5.41, 5.74) is 10.5. The minimum absolute atomic E-state index is 0.203. The van der Waals surface area contributed by atoms with Crippen molar-refractivity contribution in [3.63, 3.8) is 0 Å². The molecule has 6 nitrogen and oxygen atoms in total. The number of aromatic nitrogens is 1. The van der Waals surface area contributed by atoms with Crippen molar-refractivity contribution in [3.8, 4) is 0 Å². The summed E-state index contributed by atoms with van der Waals surface area (Å²) in [5.74, 6) is 1.07. The van der Waals surface area contributed by atoms with Crippen molar-refractivity contribution < 1.29 is 9.90 Å². The summed E-state index contributed by atoms with van der Waals surface area (Å²) >= 11 is 13.9. The number of primary amides is 1. The van der Waals surface area contributed by atoms with Gasteiger partial charge in [-0.15, -0.1) is 0 Å². The number of urea groups is 1. The Hall–Kier alpha value is -1.19. The molecular weight excluding hydrogens is 608 g/mol. The second-order valence-electron chi connectivity index (χ2n) is 10.5. The van der Waals surface area contributed by atoms with Crippen LogP contribution in [0.4, 0.5) is 4.79 Å². The fraction of sp³-hybridized carbons (Fsp3) is 0.556. The van der Waals surface area contributed by atoms with Crippen LogP contribution >= 0.6 is 43.5 Å². The summed E-state index contributed by atoms with van der Waals surface area (Å²) in [6.45, 7) is 3.12. The van der Waals surface area contributed by atoms with E-state index in [2.05, 4.69) is 48.9 Å². The molecule has 2 amide bonds. The van der Waals surface area contributed by atoms with Crippen LogP contribution in [-0.4, -0.2) is 58.3 Å². The van der Waals surface area contributed by atoms with Crippen LogP contribution in [0.15, 0.2) is 33.3 Å².